The molecule has 1 aromatic carbocycles. The molecule has 27 heavy (non-hydrogen) atoms. The molecule has 146 valence electrons. The van der Waals surface area contributed by atoms with Crippen LogP contribution in [0.25, 0.3) is 0 Å². The van der Waals surface area contributed by atoms with Crippen molar-refractivity contribution in [1.82, 2.24) is 9.80 Å². The lowest BCUT2D eigenvalue weighted by Crippen LogP contribution is -2.53. The van der Waals surface area contributed by atoms with Gasteiger partial charge in [-0.25, -0.2) is 4.79 Å². The van der Waals surface area contributed by atoms with Crippen LogP contribution in [0.15, 0.2) is 36.1 Å². The van der Waals surface area contributed by atoms with Crippen molar-refractivity contribution in [1.29, 1.82) is 0 Å². The van der Waals surface area contributed by atoms with Gasteiger partial charge in [0.15, 0.2) is 0 Å². The Kier molecular flexibility index (Phi) is 5.39. The minimum Gasteiger partial charge on any atom is -0.510 e. The Morgan fingerprint density at radius 2 is 2.04 bits per heavy atom. The molecule has 2 atom stereocenters. The minimum atomic E-state index is -0.435. The quantitative estimate of drug-likeness (QED) is 0.812. The molecule has 5 rings (SSSR count). The normalized spacial score (nSPS) is 30.1. The fraction of sp³-hybridized carbons (Fsp3) is 0.591. The van der Waals surface area contributed by atoms with Crippen molar-refractivity contribution in [2.75, 3.05) is 26.2 Å². The number of carbonyl (C=O) groups excluding carboxylic acids is 1. The molecule has 2 unspecified atom stereocenters. The number of aliphatic hydroxyl groups is 1. The van der Waals surface area contributed by atoms with Crippen LogP contribution in [0.1, 0.15) is 49.8 Å². The number of nitrogens with zero attached hydrogens (tertiary/aromatic N) is 2. The molecule has 1 N–H and O–H groups in total. The molecular weight excluding hydrogens is 340 g/mol. The Bertz CT molecular complexity index is 709. The van der Waals surface area contributed by atoms with Crippen LogP contribution in [-0.2, 0) is 11.2 Å². The van der Waals surface area contributed by atoms with Crippen molar-refractivity contribution >= 4 is 6.09 Å². The molecule has 4 aliphatic rings. The number of ether oxygens (including phenoxy) is 1. The summed E-state index contributed by atoms with van der Waals surface area (Å²) in [6.07, 6.45) is 6.33. The van der Waals surface area contributed by atoms with E-state index >= 15 is 0 Å². The fourth-order valence-corrected chi connectivity index (χ4v) is 4.73. The maximum atomic E-state index is 13.1. The van der Waals surface area contributed by atoms with Gasteiger partial charge in [-0.2, -0.15) is 0 Å². The molecule has 0 radical (unpaired) electrons. The summed E-state index contributed by atoms with van der Waals surface area (Å²) >= 11 is 0. The van der Waals surface area contributed by atoms with Crippen molar-refractivity contribution < 1.29 is 14.6 Å². The van der Waals surface area contributed by atoms with E-state index in [0.29, 0.717) is 12.5 Å². The number of benzene rings is 1. The number of rotatable bonds is 4. The zero-order valence-electron chi connectivity index (χ0n) is 16.1. The lowest BCUT2D eigenvalue weighted by Gasteiger charge is -2.45. The third-order valence-corrected chi connectivity index (χ3v) is 6.29. The Balaban J connectivity index is 1.55. The van der Waals surface area contributed by atoms with E-state index in [-0.39, 0.29) is 18.0 Å². The van der Waals surface area contributed by atoms with Crippen LogP contribution in [0.2, 0.25) is 0 Å². The van der Waals surface area contributed by atoms with E-state index in [9.17, 15) is 9.90 Å². The Morgan fingerprint density at radius 1 is 1.26 bits per heavy atom. The zero-order valence-corrected chi connectivity index (χ0v) is 16.1. The SMILES string of the molecule is CCC/C=C(\O)C1c2ccccc2CCN1C(=O)OC1CN2CCC1CC2. The summed E-state index contributed by atoms with van der Waals surface area (Å²) in [4.78, 5) is 17.2. The van der Waals surface area contributed by atoms with Crippen LogP contribution >= 0.6 is 0 Å². The fourth-order valence-electron chi connectivity index (χ4n) is 4.73. The number of piperidine rings is 3. The van der Waals surface area contributed by atoms with Gasteiger partial charge in [-0.15, -0.1) is 0 Å². The molecular formula is C22H30N2O3. The van der Waals surface area contributed by atoms with Gasteiger partial charge in [-0.1, -0.05) is 37.6 Å². The minimum absolute atomic E-state index is 0.0143. The van der Waals surface area contributed by atoms with Crippen molar-refractivity contribution in [2.45, 2.75) is 51.2 Å². The van der Waals surface area contributed by atoms with E-state index in [0.717, 1.165) is 57.3 Å². The van der Waals surface area contributed by atoms with Gasteiger partial charge in [-0.3, -0.25) is 9.80 Å². The van der Waals surface area contributed by atoms with Gasteiger partial charge in [0.05, 0.1) is 0 Å². The molecule has 0 aliphatic carbocycles. The summed E-state index contributed by atoms with van der Waals surface area (Å²) < 4.78 is 5.97. The molecule has 4 heterocycles. The molecule has 2 bridgehead atoms. The summed E-state index contributed by atoms with van der Waals surface area (Å²) in [5.41, 5.74) is 2.21. The van der Waals surface area contributed by atoms with E-state index in [1.165, 1.54) is 5.56 Å². The smallest absolute Gasteiger partial charge is 0.411 e. The van der Waals surface area contributed by atoms with Gasteiger partial charge in [0, 0.05) is 13.1 Å². The van der Waals surface area contributed by atoms with Crippen LogP contribution in [0.4, 0.5) is 4.79 Å². The Morgan fingerprint density at radius 3 is 2.74 bits per heavy atom. The number of fused-ring (bicyclic) bond motifs is 4. The van der Waals surface area contributed by atoms with E-state index in [1.807, 2.05) is 24.3 Å². The summed E-state index contributed by atoms with van der Waals surface area (Å²) in [6.45, 7) is 5.75. The molecule has 1 aromatic rings. The van der Waals surface area contributed by atoms with Crippen molar-refractivity contribution in [2.24, 2.45) is 5.92 Å². The number of unbranched alkanes of at least 4 members (excludes halogenated alkanes) is 1. The van der Waals surface area contributed by atoms with Crippen molar-refractivity contribution in [3.63, 3.8) is 0 Å². The van der Waals surface area contributed by atoms with Crippen LogP contribution in [0, 0.1) is 5.92 Å². The predicted octanol–water partition coefficient (Wildman–Crippen LogP) is 4.06. The number of aliphatic hydroxyl groups excluding tert-OH is 1. The summed E-state index contributed by atoms with van der Waals surface area (Å²) in [7, 11) is 0. The second kappa shape index (κ2) is 7.93. The van der Waals surface area contributed by atoms with Crippen LogP contribution in [-0.4, -0.2) is 53.3 Å². The molecule has 4 aliphatic heterocycles. The largest absolute Gasteiger partial charge is 0.510 e. The lowest BCUT2D eigenvalue weighted by molar-refractivity contribution is -0.0475. The lowest BCUT2D eigenvalue weighted by atomic mass is 9.86. The molecule has 3 saturated heterocycles. The highest BCUT2D eigenvalue weighted by Crippen LogP contribution is 2.36. The third-order valence-electron chi connectivity index (χ3n) is 6.29. The molecule has 5 heteroatoms. The highest BCUT2D eigenvalue weighted by Gasteiger charge is 2.40. The van der Waals surface area contributed by atoms with E-state index in [1.54, 1.807) is 4.90 Å². The number of hydrogen-bond donors (Lipinski definition) is 1. The monoisotopic (exact) mass is 370 g/mol. The van der Waals surface area contributed by atoms with Crippen molar-refractivity contribution in [3.05, 3.63) is 47.2 Å². The van der Waals surface area contributed by atoms with Gasteiger partial charge < -0.3 is 9.84 Å². The van der Waals surface area contributed by atoms with Crippen LogP contribution in [0.5, 0.6) is 0 Å². The first kappa shape index (κ1) is 18.4. The number of amides is 1. The zero-order chi connectivity index (χ0) is 18.8. The second-order valence-electron chi connectivity index (χ2n) is 8.02. The molecule has 0 aromatic heterocycles. The summed E-state index contributed by atoms with van der Waals surface area (Å²) in [5, 5.41) is 10.8. The van der Waals surface area contributed by atoms with Crippen molar-refractivity contribution in [3.8, 4) is 0 Å². The maximum absolute atomic E-state index is 13.1. The average Bonchev–Trinajstić information content (AvgIpc) is 2.72. The molecule has 3 fully saturated rings. The van der Waals surface area contributed by atoms with Gasteiger partial charge >= 0.3 is 6.09 Å². The maximum Gasteiger partial charge on any atom is 0.411 e. The number of carbonyl (C=O) groups is 1. The van der Waals surface area contributed by atoms with E-state index in [4.69, 9.17) is 4.74 Å². The van der Waals surface area contributed by atoms with Crippen LogP contribution < -0.4 is 0 Å². The Labute approximate surface area is 161 Å². The molecule has 1 amide bonds. The topological polar surface area (TPSA) is 53.0 Å². The number of allylic oxidation sites excluding steroid dienone is 1. The first-order chi connectivity index (χ1) is 13.2. The van der Waals surface area contributed by atoms with Gasteiger partial charge in [0.2, 0.25) is 0 Å². The van der Waals surface area contributed by atoms with Gasteiger partial charge in [-0.05, 0) is 61.9 Å². The first-order valence-corrected chi connectivity index (χ1v) is 10.3. The first-order valence-electron chi connectivity index (χ1n) is 10.3. The van der Waals surface area contributed by atoms with E-state index in [2.05, 4.69) is 17.9 Å². The summed E-state index contributed by atoms with van der Waals surface area (Å²) in [5.74, 6) is 0.744. The molecule has 0 saturated carbocycles. The number of hydrogen-bond acceptors (Lipinski definition) is 4. The molecule has 0 spiro atoms. The second-order valence-corrected chi connectivity index (χ2v) is 8.02. The summed E-state index contributed by atoms with van der Waals surface area (Å²) in [6, 6.07) is 7.66. The predicted molar refractivity (Wildman–Crippen MR) is 105 cm³/mol. The highest BCUT2D eigenvalue weighted by atomic mass is 16.6. The Hall–Kier alpha value is -2.01. The van der Waals surface area contributed by atoms with Gasteiger partial charge in [0.1, 0.15) is 17.9 Å². The van der Waals surface area contributed by atoms with E-state index < -0.39 is 6.04 Å². The standard InChI is InChI=1S/C22H30N2O3/c1-2-3-8-19(25)21-18-7-5-4-6-16(18)11-14-24(21)22(26)27-20-15-23-12-9-17(20)10-13-23/h4-8,17,20-21,25H,2-3,9-15H2,1H3/b19-8-. The third kappa shape index (κ3) is 3.70. The molecule has 5 nitrogen and oxygen atoms in total. The highest BCUT2D eigenvalue weighted by molar-refractivity contribution is 5.70. The average molecular weight is 370 g/mol. The van der Waals surface area contributed by atoms with Crippen LogP contribution in [0.3, 0.4) is 0 Å². The van der Waals surface area contributed by atoms with Gasteiger partial charge in [0.25, 0.3) is 0 Å².